The SMILES string of the molecule is O=C(Cc1cccs1)Nc1nc2c(s1)CCCC2C(=O)O. The molecular weight excluding hydrogens is 308 g/mol. The van der Waals surface area contributed by atoms with Crippen LogP contribution in [0.25, 0.3) is 0 Å². The number of thiophene rings is 1. The van der Waals surface area contributed by atoms with Crippen molar-refractivity contribution < 1.29 is 14.7 Å². The van der Waals surface area contributed by atoms with E-state index in [4.69, 9.17) is 0 Å². The van der Waals surface area contributed by atoms with E-state index in [1.54, 1.807) is 0 Å². The van der Waals surface area contributed by atoms with Crippen molar-refractivity contribution in [3.63, 3.8) is 0 Å². The Labute approximate surface area is 129 Å². The first-order chi connectivity index (χ1) is 10.1. The molecule has 0 spiro atoms. The molecule has 2 aromatic rings. The molecule has 5 nitrogen and oxygen atoms in total. The molecule has 2 N–H and O–H groups in total. The Balaban J connectivity index is 1.72. The Morgan fingerprint density at radius 2 is 2.33 bits per heavy atom. The molecule has 0 aromatic carbocycles. The van der Waals surface area contributed by atoms with E-state index in [1.807, 2.05) is 17.5 Å². The highest BCUT2D eigenvalue weighted by Crippen LogP contribution is 2.36. The number of aliphatic carboxylic acids is 1. The molecule has 0 fully saturated rings. The number of thiazole rings is 1. The van der Waals surface area contributed by atoms with Crippen LogP contribution >= 0.6 is 22.7 Å². The van der Waals surface area contributed by atoms with Gasteiger partial charge in [-0.05, 0) is 30.7 Å². The lowest BCUT2D eigenvalue weighted by Crippen LogP contribution is -2.17. The number of hydrogen-bond acceptors (Lipinski definition) is 5. The number of nitrogens with one attached hydrogen (secondary N) is 1. The van der Waals surface area contributed by atoms with Crippen LogP contribution in [0.4, 0.5) is 5.13 Å². The number of carboxylic acid groups (broad SMARTS) is 1. The first-order valence-electron chi connectivity index (χ1n) is 6.68. The molecule has 21 heavy (non-hydrogen) atoms. The van der Waals surface area contributed by atoms with Gasteiger partial charge >= 0.3 is 5.97 Å². The average molecular weight is 322 g/mol. The highest BCUT2D eigenvalue weighted by Gasteiger charge is 2.30. The molecule has 1 aliphatic carbocycles. The Kier molecular flexibility index (Phi) is 4.03. The molecule has 0 radical (unpaired) electrons. The summed E-state index contributed by atoms with van der Waals surface area (Å²) in [7, 11) is 0. The van der Waals surface area contributed by atoms with Crippen LogP contribution in [-0.2, 0) is 22.4 Å². The summed E-state index contributed by atoms with van der Waals surface area (Å²) in [6.07, 6.45) is 2.64. The van der Waals surface area contributed by atoms with E-state index < -0.39 is 11.9 Å². The fourth-order valence-electron chi connectivity index (χ4n) is 2.45. The molecule has 0 saturated heterocycles. The third kappa shape index (κ3) is 3.14. The molecular formula is C14H14N2O3S2. The zero-order valence-electron chi connectivity index (χ0n) is 11.2. The predicted molar refractivity (Wildman–Crippen MR) is 82.1 cm³/mol. The zero-order valence-corrected chi connectivity index (χ0v) is 12.8. The monoisotopic (exact) mass is 322 g/mol. The number of carboxylic acids is 1. The number of rotatable bonds is 4. The quantitative estimate of drug-likeness (QED) is 0.907. The Hall–Kier alpha value is -1.73. The smallest absolute Gasteiger partial charge is 0.312 e. The minimum Gasteiger partial charge on any atom is -0.481 e. The number of amides is 1. The number of fused-ring (bicyclic) bond motifs is 1. The van der Waals surface area contributed by atoms with Gasteiger partial charge in [-0.1, -0.05) is 6.07 Å². The number of carbonyl (C=O) groups is 2. The van der Waals surface area contributed by atoms with Crippen molar-refractivity contribution in [3.8, 4) is 0 Å². The molecule has 1 unspecified atom stereocenters. The van der Waals surface area contributed by atoms with Gasteiger partial charge in [0.25, 0.3) is 0 Å². The summed E-state index contributed by atoms with van der Waals surface area (Å²) in [4.78, 5) is 29.5. The molecule has 3 rings (SSSR count). The first-order valence-corrected chi connectivity index (χ1v) is 8.37. The number of hydrogen-bond donors (Lipinski definition) is 2. The topological polar surface area (TPSA) is 79.3 Å². The van der Waals surface area contributed by atoms with E-state index in [9.17, 15) is 14.7 Å². The molecule has 0 bridgehead atoms. The van der Waals surface area contributed by atoms with Crippen LogP contribution < -0.4 is 5.32 Å². The minimum absolute atomic E-state index is 0.115. The van der Waals surface area contributed by atoms with E-state index in [0.717, 1.165) is 22.6 Å². The van der Waals surface area contributed by atoms with Crippen molar-refractivity contribution in [2.75, 3.05) is 5.32 Å². The Morgan fingerprint density at radius 1 is 1.48 bits per heavy atom. The van der Waals surface area contributed by atoms with Gasteiger partial charge in [-0.15, -0.1) is 22.7 Å². The number of aryl methyl sites for hydroxylation is 1. The van der Waals surface area contributed by atoms with Gasteiger partial charge in [0.15, 0.2) is 5.13 Å². The lowest BCUT2D eigenvalue weighted by Gasteiger charge is -2.16. The van der Waals surface area contributed by atoms with Crippen LogP contribution in [0.5, 0.6) is 0 Å². The number of carbonyl (C=O) groups excluding carboxylic acids is 1. The minimum atomic E-state index is -0.835. The molecule has 1 atom stereocenters. The van der Waals surface area contributed by atoms with Crippen molar-refractivity contribution >= 4 is 39.7 Å². The maximum Gasteiger partial charge on any atom is 0.312 e. The van der Waals surface area contributed by atoms with Crippen molar-refractivity contribution in [1.82, 2.24) is 4.98 Å². The van der Waals surface area contributed by atoms with Crippen molar-refractivity contribution in [2.45, 2.75) is 31.6 Å². The van der Waals surface area contributed by atoms with Crippen molar-refractivity contribution in [3.05, 3.63) is 33.0 Å². The molecule has 7 heteroatoms. The highest BCUT2D eigenvalue weighted by atomic mass is 32.1. The number of aromatic nitrogens is 1. The Bertz CT molecular complexity index is 664. The molecule has 2 aromatic heterocycles. The van der Waals surface area contributed by atoms with E-state index in [2.05, 4.69) is 10.3 Å². The maximum absolute atomic E-state index is 12.0. The average Bonchev–Trinajstić information content (AvgIpc) is 3.06. The van der Waals surface area contributed by atoms with Crippen LogP contribution in [0, 0.1) is 0 Å². The third-order valence-corrected chi connectivity index (χ3v) is 5.34. The van der Waals surface area contributed by atoms with Crippen LogP contribution in [0.2, 0.25) is 0 Å². The summed E-state index contributed by atoms with van der Waals surface area (Å²) in [6.45, 7) is 0. The van der Waals surface area contributed by atoms with E-state index in [-0.39, 0.29) is 5.91 Å². The predicted octanol–water partition coefficient (Wildman–Crippen LogP) is 2.89. The highest BCUT2D eigenvalue weighted by molar-refractivity contribution is 7.16. The zero-order chi connectivity index (χ0) is 14.8. The van der Waals surface area contributed by atoms with Crippen molar-refractivity contribution in [2.24, 2.45) is 0 Å². The Morgan fingerprint density at radius 3 is 3.05 bits per heavy atom. The standard InChI is InChI=1S/C14H14N2O3S2/c17-11(7-8-3-2-6-20-8)15-14-16-12-9(13(18)19)4-1-5-10(12)21-14/h2-3,6,9H,1,4-5,7H2,(H,18,19)(H,15,16,17). The van der Waals surface area contributed by atoms with Gasteiger partial charge in [0.05, 0.1) is 12.1 Å². The summed E-state index contributed by atoms with van der Waals surface area (Å²) >= 11 is 2.93. The summed E-state index contributed by atoms with van der Waals surface area (Å²) in [5.41, 5.74) is 0.630. The van der Waals surface area contributed by atoms with Crippen LogP contribution in [-0.4, -0.2) is 22.0 Å². The molecule has 110 valence electrons. The van der Waals surface area contributed by atoms with Gasteiger partial charge in [-0.3, -0.25) is 9.59 Å². The van der Waals surface area contributed by atoms with Crippen LogP contribution in [0.1, 0.15) is 34.2 Å². The second-order valence-corrected chi connectivity index (χ2v) is 7.03. The lowest BCUT2D eigenvalue weighted by atomic mass is 9.91. The fourth-order valence-corrected chi connectivity index (χ4v) is 4.23. The summed E-state index contributed by atoms with van der Waals surface area (Å²) in [6, 6.07) is 3.82. The molecule has 1 amide bonds. The molecule has 1 aliphatic rings. The van der Waals surface area contributed by atoms with Gasteiger partial charge in [0.1, 0.15) is 5.92 Å². The third-order valence-electron chi connectivity index (χ3n) is 3.41. The maximum atomic E-state index is 12.0. The lowest BCUT2D eigenvalue weighted by molar-refractivity contribution is -0.139. The number of anilines is 1. The van der Waals surface area contributed by atoms with Crippen molar-refractivity contribution in [1.29, 1.82) is 0 Å². The first kappa shape index (κ1) is 14.2. The van der Waals surface area contributed by atoms with E-state index >= 15 is 0 Å². The second-order valence-electron chi connectivity index (χ2n) is 4.91. The normalized spacial score (nSPS) is 17.2. The van der Waals surface area contributed by atoms with Crippen LogP contribution in [0.15, 0.2) is 17.5 Å². The van der Waals surface area contributed by atoms with Gasteiger partial charge in [0.2, 0.25) is 5.91 Å². The fraction of sp³-hybridized carbons (Fsp3) is 0.357. The molecule has 2 heterocycles. The largest absolute Gasteiger partial charge is 0.481 e. The molecule has 0 saturated carbocycles. The van der Waals surface area contributed by atoms with Gasteiger partial charge < -0.3 is 10.4 Å². The number of nitrogens with zero attached hydrogens (tertiary/aromatic N) is 1. The summed E-state index contributed by atoms with van der Waals surface area (Å²) in [5, 5.41) is 14.4. The van der Waals surface area contributed by atoms with Gasteiger partial charge in [-0.2, -0.15) is 0 Å². The van der Waals surface area contributed by atoms with E-state index in [1.165, 1.54) is 22.7 Å². The summed E-state index contributed by atoms with van der Waals surface area (Å²) < 4.78 is 0. The van der Waals surface area contributed by atoms with Crippen LogP contribution in [0.3, 0.4) is 0 Å². The van der Waals surface area contributed by atoms with Gasteiger partial charge in [0, 0.05) is 9.75 Å². The summed E-state index contributed by atoms with van der Waals surface area (Å²) in [5.74, 6) is -1.49. The van der Waals surface area contributed by atoms with Gasteiger partial charge in [-0.25, -0.2) is 4.98 Å². The molecule has 0 aliphatic heterocycles. The second kappa shape index (κ2) is 5.95. The van der Waals surface area contributed by atoms with E-state index in [0.29, 0.717) is 23.7 Å².